The van der Waals surface area contributed by atoms with Gasteiger partial charge in [0.2, 0.25) is 0 Å². The number of pyridine rings is 2. The molecule has 4 nitrogen and oxygen atoms in total. The van der Waals surface area contributed by atoms with Gasteiger partial charge in [-0.3, -0.25) is 4.68 Å². The van der Waals surface area contributed by atoms with E-state index < -0.39 is 0 Å². The molecule has 11 rings (SSSR count). The van der Waals surface area contributed by atoms with Crippen LogP contribution in [0.3, 0.4) is 0 Å². The second-order valence-electron chi connectivity index (χ2n) is 16.9. The smallest absolute Gasteiger partial charge is 0.305 e. The van der Waals surface area contributed by atoms with Crippen LogP contribution in [0.1, 0.15) is 22.3 Å². The Balaban J connectivity index is 0.00000539. The molecule has 0 N–H and O–H groups in total. The van der Waals surface area contributed by atoms with Crippen molar-refractivity contribution in [3.63, 3.8) is 0 Å². The van der Waals surface area contributed by atoms with E-state index in [1.807, 2.05) is 59.7 Å². The molecule has 326 valence electrons. The average Bonchev–Trinajstić information content (AvgIpc) is 3.85. The van der Waals surface area contributed by atoms with E-state index in [-0.39, 0.29) is 20.1 Å². The van der Waals surface area contributed by atoms with Gasteiger partial charge in [-0.2, -0.15) is 28.9 Å². The van der Waals surface area contributed by atoms with Crippen LogP contribution in [0, 0.1) is 18.2 Å². The standard InChI is InChI=1S/C63H45N4.Ir/c1-2-12-49(13-3-1)50-30-32-51(33-31-50)60-43-53(62-18-9-11-39-65-62)34-37-59(60)58-16-6-5-15-57(58)55-41-47(22-20-45-24-28-52(29-25-45)61-17-8-10-38-64-61)40-48(42-55)23-21-46-26-35-56(36-27-46)67-63-19-7-4-14-54(63)44-66-67;/h1-19,24-28,30-33,35,37-44H,20-23H2;/q-3;+3. The normalized spacial score (nSPS) is 11.1. The molecule has 0 atom stereocenters. The molecule has 0 aliphatic heterocycles. The predicted molar refractivity (Wildman–Crippen MR) is 273 cm³/mol. The molecule has 8 aromatic carbocycles. The van der Waals surface area contributed by atoms with E-state index in [9.17, 15) is 0 Å². The number of aryl methyl sites for hydroxylation is 4. The van der Waals surface area contributed by atoms with Gasteiger partial charge in [0.05, 0.1) is 11.7 Å². The van der Waals surface area contributed by atoms with E-state index in [0.717, 1.165) is 87.0 Å². The van der Waals surface area contributed by atoms with Crippen molar-refractivity contribution in [3.8, 4) is 72.7 Å². The van der Waals surface area contributed by atoms with Crippen molar-refractivity contribution < 1.29 is 20.1 Å². The number of benzene rings is 8. The first-order chi connectivity index (χ1) is 33.2. The zero-order valence-electron chi connectivity index (χ0n) is 37.3. The summed E-state index contributed by atoms with van der Waals surface area (Å²) in [5.74, 6) is 0. The quantitative estimate of drug-likeness (QED) is 0.108. The van der Waals surface area contributed by atoms with E-state index in [4.69, 9.17) is 4.98 Å². The van der Waals surface area contributed by atoms with Gasteiger partial charge in [0.25, 0.3) is 0 Å². The number of rotatable bonds is 13. The molecule has 11 aromatic rings. The van der Waals surface area contributed by atoms with Crippen molar-refractivity contribution in [3.05, 3.63) is 265 Å². The Morgan fingerprint density at radius 2 is 0.971 bits per heavy atom. The van der Waals surface area contributed by atoms with Crippen molar-refractivity contribution in [1.82, 2.24) is 19.7 Å². The second kappa shape index (κ2) is 20.4. The van der Waals surface area contributed by atoms with Crippen LogP contribution in [0.15, 0.2) is 225 Å². The molecule has 68 heavy (non-hydrogen) atoms. The van der Waals surface area contributed by atoms with E-state index >= 15 is 0 Å². The topological polar surface area (TPSA) is 43.6 Å². The van der Waals surface area contributed by atoms with Crippen LogP contribution in [0.4, 0.5) is 0 Å². The van der Waals surface area contributed by atoms with Crippen LogP contribution in [0.25, 0.3) is 83.6 Å². The molecule has 0 saturated carbocycles. The van der Waals surface area contributed by atoms with E-state index in [1.54, 1.807) is 0 Å². The number of hydrogen-bond donors (Lipinski definition) is 0. The molecule has 0 spiro atoms. The van der Waals surface area contributed by atoms with Gasteiger partial charge in [-0.15, -0.1) is 65.2 Å². The van der Waals surface area contributed by atoms with Gasteiger partial charge in [-0.25, -0.2) is 0 Å². The summed E-state index contributed by atoms with van der Waals surface area (Å²) < 4.78 is 1.96. The fourth-order valence-electron chi connectivity index (χ4n) is 9.04. The molecule has 0 fully saturated rings. The molecule has 0 radical (unpaired) electrons. The maximum Gasteiger partial charge on any atom is 3.00 e. The number of nitrogens with zero attached hydrogens (tertiary/aromatic N) is 4. The van der Waals surface area contributed by atoms with Gasteiger partial charge in [-0.1, -0.05) is 169 Å². The molecule has 0 amide bonds. The monoisotopic (exact) mass is 1050 g/mol. The van der Waals surface area contributed by atoms with Crippen molar-refractivity contribution >= 4 is 10.9 Å². The Labute approximate surface area is 412 Å². The van der Waals surface area contributed by atoms with Crippen LogP contribution in [0.2, 0.25) is 0 Å². The van der Waals surface area contributed by atoms with Crippen LogP contribution in [0.5, 0.6) is 0 Å². The van der Waals surface area contributed by atoms with Gasteiger partial charge in [-0.05, 0) is 87.1 Å². The Kier molecular flexibility index (Phi) is 13.2. The molecule has 3 aromatic heterocycles. The summed E-state index contributed by atoms with van der Waals surface area (Å²) in [6.45, 7) is 0. The summed E-state index contributed by atoms with van der Waals surface area (Å²) in [6, 6.07) is 83.8. The van der Waals surface area contributed by atoms with E-state index in [0.29, 0.717) is 0 Å². The summed E-state index contributed by atoms with van der Waals surface area (Å²) in [4.78, 5) is 9.24. The first kappa shape index (κ1) is 44.0. The van der Waals surface area contributed by atoms with Gasteiger partial charge < -0.3 is 9.97 Å². The first-order valence-corrected chi connectivity index (χ1v) is 22.9. The SMILES string of the molecule is [Ir+3].[c-]1cc(CCc2cc(CCc3c[c-]c(-n4ncc5ccccc54)cc3)cc(-c3ccccc3-c3c[c-]c(-c4ccccn4)cc3-c3ccc(-c4ccccc4)cc3)c2)ccc1-c1ccccn1. The molecule has 0 unspecified atom stereocenters. The summed E-state index contributed by atoms with van der Waals surface area (Å²) in [5, 5.41) is 5.77. The van der Waals surface area contributed by atoms with Crippen LogP contribution < -0.4 is 0 Å². The fraction of sp³-hybridized carbons (Fsp3) is 0.0635. The number of aromatic nitrogens is 4. The summed E-state index contributed by atoms with van der Waals surface area (Å²) in [5.41, 5.74) is 20.2. The largest absolute Gasteiger partial charge is 3.00 e. The van der Waals surface area contributed by atoms with Crippen LogP contribution in [-0.2, 0) is 45.8 Å². The summed E-state index contributed by atoms with van der Waals surface area (Å²) >= 11 is 0. The predicted octanol–water partition coefficient (Wildman–Crippen LogP) is 14.8. The van der Waals surface area contributed by atoms with Gasteiger partial charge in [0.15, 0.2) is 0 Å². The zero-order chi connectivity index (χ0) is 44.8. The maximum absolute atomic E-state index is 4.71. The van der Waals surface area contributed by atoms with Gasteiger partial charge in [0, 0.05) is 17.8 Å². The first-order valence-electron chi connectivity index (χ1n) is 22.9. The van der Waals surface area contributed by atoms with Crippen molar-refractivity contribution in [2.75, 3.05) is 0 Å². The Bertz CT molecular complexity index is 3420. The molecule has 0 aliphatic rings. The van der Waals surface area contributed by atoms with Crippen molar-refractivity contribution in [2.45, 2.75) is 25.7 Å². The van der Waals surface area contributed by atoms with Crippen molar-refractivity contribution in [1.29, 1.82) is 0 Å². The molecule has 0 aliphatic carbocycles. The Morgan fingerprint density at radius 3 is 1.65 bits per heavy atom. The summed E-state index contributed by atoms with van der Waals surface area (Å²) in [7, 11) is 0. The van der Waals surface area contributed by atoms with Crippen LogP contribution in [-0.4, -0.2) is 19.7 Å². The second-order valence-corrected chi connectivity index (χ2v) is 16.9. The molecular formula is C63H45IrN4. The number of hydrogen-bond acceptors (Lipinski definition) is 3. The molecule has 0 bridgehead atoms. The molecule has 0 saturated heterocycles. The minimum atomic E-state index is 0. The minimum absolute atomic E-state index is 0. The van der Waals surface area contributed by atoms with Gasteiger partial charge in [0.1, 0.15) is 0 Å². The fourth-order valence-corrected chi connectivity index (χ4v) is 9.04. The zero-order valence-corrected chi connectivity index (χ0v) is 39.7. The Hall–Kier alpha value is -7.82. The third-order valence-corrected chi connectivity index (χ3v) is 12.6. The van der Waals surface area contributed by atoms with Crippen LogP contribution >= 0.6 is 0 Å². The average molecular weight is 1050 g/mol. The number of para-hydroxylation sites is 1. The maximum atomic E-state index is 4.71. The number of fused-ring (bicyclic) bond motifs is 1. The minimum Gasteiger partial charge on any atom is -0.305 e. The summed E-state index contributed by atoms with van der Waals surface area (Å²) in [6.07, 6.45) is 9.15. The third-order valence-electron chi connectivity index (χ3n) is 12.6. The van der Waals surface area contributed by atoms with E-state index in [2.05, 4.69) is 198 Å². The van der Waals surface area contributed by atoms with Crippen molar-refractivity contribution in [2.24, 2.45) is 0 Å². The molecular weight excluding hydrogens is 1000 g/mol. The van der Waals surface area contributed by atoms with E-state index in [1.165, 1.54) is 44.5 Å². The third kappa shape index (κ3) is 9.68. The Morgan fingerprint density at radius 1 is 0.382 bits per heavy atom. The molecule has 5 heteroatoms. The molecule has 3 heterocycles. The van der Waals surface area contributed by atoms with Gasteiger partial charge >= 0.3 is 20.1 Å².